The molecular weight excluding hydrogens is 278 g/mol. The number of pyridine rings is 1. The Hall–Kier alpha value is -2.14. The lowest BCUT2D eigenvalue weighted by molar-refractivity contribution is 0.0528. The smallest absolute Gasteiger partial charge is 0.342 e. The van der Waals surface area contributed by atoms with Gasteiger partial charge in [0.2, 0.25) is 0 Å². The van der Waals surface area contributed by atoms with E-state index in [0.29, 0.717) is 28.7 Å². The van der Waals surface area contributed by atoms with E-state index in [9.17, 15) is 4.79 Å². The monoisotopic (exact) mass is 289 g/mol. The molecule has 0 unspecified atom stereocenters. The molecule has 0 aliphatic rings. The molecule has 0 fully saturated rings. The molecule has 0 aliphatic carbocycles. The number of rotatable bonds is 2. The minimum atomic E-state index is -0.410. The number of fused-ring (bicyclic) bond motifs is 3. The van der Waals surface area contributed by atoms with E-state index < -0.39 is 5.97 Å². The predicted octanol–water partition coefficient (Wildman–Crippen LogP) is 3.02. The van der Waals surface area contributed by atoms with Crippen LogP contribution in [-0.4, -0.2) is 27.2 Å². The van der Waals surface area contributed by atoms with Crippen LogP contribution in [0.1, 0.15) is 23.1 Å². The van der Waals surface area contributed by atoms with Gasteiger partial charge in [-0.3, -0.25) is 4.40 Å². The van der Waals surface area contributed by atoms with Crippen molar-refractivity contribution in [1.82, 2.24) is 14.6 Å². The van der Waals surface area contributed by atoms with Gasteiger partial charge in [-0.15, -0.1) is 10.2 Å². The van der Waals surface area contributed by atoms with Gasteiger partial charge in [0.1, 0.15) is 11.4 Å². The van der Waals surface area contributed by atoms with E-state index in [1.54, 1.807) is 25.1 Å². The topological polar surface area (TPSA) is 56.5 Å². The molecule has 20 heavy (non-hydrogen) atoms. The van der Waals surface area contributed by atoms with Crippen LogP contribution in [0.15, 0.2) is 24.3 Å². The van der Waals surface area contributed by atoms with Crippen LogP contribution >= 0.6 is 11.6 Å². The summed E-state index contributed by atoms with van der Waals surface area (Å²) in [6, 6.07) is 7.23. The van der Waals surface area contributed by atoms with E-state index >= 15 is 0 Å². The molecule has 0 bridgehead atoms. The van der Waals surface area contributed by atoms with Gasteiger partial charge < -0.3 is 4.74 Å². The number of hydrogen-bond donors (Lipinski definition) is 0. The summed E-state index contributed by atoms with van der Waals surface area (Å²) in [6.45, 7) is 3.91. The van der Waals surface area contributed by atoms with Gasteiger partial charge in [-0.1, -0.05) is 11.6 Å². The molecule has 5 nitrogen and oxygen atoms in total. The Morgan fingerprint density at radius 3 is 2.90 bits per heavy atom. The third-order valence-electron chi connectivity index (χ3n) is 3.09. The third kappa shape index (κ3) is 1.91. The summed E-state index contributed by atoms with van der Waals surface area (Å²) < 4.78 is 6.90. The van der Waals surface area contributed by atoms with Crippen LogP contribution in [-0.2, 0) is 4.74 Å². The summed E-state index contributed by atoms with van der Waals surface area (Å²) in [4.78, 5) is 12.1. The largest absolute Gasteiger partial charge is 0.462 e. The fraction of sp³-hybridized carbons (Fsp3) is 0.214. The fourth-order valence-corrected chi connectivity index (χ4v) is 2.43. The average Bonchev–Trinajstić information content (AvgIpc) is 2.80. The SMILES string of the molecule is CCOC(=O)c1cc2cc(Cl)ccc2n2c(C)nnc12. The molecule has 0 atom stereocenters. The molecule has 0 saturated heterocycles. The van der Waals surface area contributed by atoms with Gasteiger partial charge in [-0.25, -0.2) is 4.79 Å². The molecule has 0 spiro atoms. The van der Waals surface area contributed by atoms with Crippen LogP contribution in [0.4, 0.5) is 0 Å². The zero-order valence-corrected chi connectivity index (χ0v) is 11.8. The fourth-order valence-electron chi connectivity index (χ4n) is 2.25. The number of carbonyl (C=O) groups is 1. The number of carbonyl (C=O) groups excluding carboxylic acids is 1. The van der Waals surface area contributed by atoms with Crippen molar-refractivity contribution < 1.29 is 9.53 Å². The van der Waals surface area contributed by atoms with Crippen molar-refractivity contribution >= 4 is 34.1 Å². The summed E-state index contributed by atoms with van der Waals surface area (Å²) in [7, 11) is 0. The van der Waals surface area contributed by atoms with E-state index in [1.165, 1.54) is 0 Å². The van der Waals surface area contributed by atoms with Crippen LogP contribution < -0.4 is 0 Å². The Bertz CT molecular complexity index is 826. The molecular formula is C14H12ClN3O2. The number of ether oxygens (including phenoxy) is 1. The normalized spacial score (nSPS) is 11.2. The van der Waals surface area contributed by atoms with Gasteiger partial charge >= 0.3 is 5.97 Å². The van der Waals surface area contributed by atoms with Crippen molar-refractivity contribution in [2.45, 2.75) is 13.8 Å². The van der Waals surface area contributed by atoms with Gasteiger partial charge in [0.25, 0.3) is 0 Å². The highest BCUT2D eigenvalue weighted by atomic mass is 35.5. The maximum absolute atomic E-state index is 12.1. The Balaban J connectivity index is 2.41. The second-order valence-electron chi connectivity index (χ2n) is 4.39. The van der Waals surface area contributed by atoms with Crippen molar-refractivity contribution in [1.29, 1.82) is 0 Å². The number of esters is 1. The zero-order chi connectivity index (χ0) is 14.3. The molecule has 0 aliphatic heterocycles. The van der Waals surface area contributed by atoms with Gasteiger partial charge in [-0.2, -0.15) is 0 Å². The molecule has 6 heteroatoms. The molecule has 1 aromatic carbocycles. The minimum Gasteiger partial charge on any atom is -0.462 e. The standard InChI is InChI=1S/C14H12ClN3O2/c1-3-20-14(19)11-7-9-6-10(15)4-5-12(9)18-8(2)16-17-13(11)18/h4-7H,3H2,1-2H3. The van der Waals surface area contributed by atoms with Crippen molar-refractivity contribution in [3.8, 4) is 0 Å². The zero-order valence-electron chi connectivity index (χ0n) is 11.1. The Kier molecular flexibility index (Phi) is 3.06. The molecule has 2 aromatic heterocycles. The predicted molar refractivity (Wildman–Crippen MR) is 76.2 cm³/mol. The van der Waals surface area contributed by atoms with E-state index in [-0.39, 0.29) is 0 Å². The number of benzene rings is 1. The lowest BCUT2D eigenvalue weighted by Gasteiger charge is -2.08. The maximum atomic E-state index is 12.1. The summed E-state index contributed by atoms with van der Waals surface area (Å²) in [6.07, 6.45) is 0. The summed E-state index contributed by atoms with van der Waals surface area (Å²) in [5.41, 5.74) is 1.79. The Labute approximate surface area is 120 Å². The number of nitrogens with zero attached hydrogens (tertiary/aromatic N) is 3. The highest BCUT2D eigenvalue weighted by Gasteiger charge is 2.17. The molecule has 2 heterocycles. The highest BCUT2D eigenvalue weighted by molar-refractivity contribution is 6.31. The molecule has 3 aromatic rings. The molecule has 0 saturated carbocycles. The maximum Gasteiger partial charge on any atom is 0.342 e. The first-order valence-corrected chi connectivity index (χ1v) is 6.60. The Morgan fingerprint density at radius 1 is 1.35 bits per heavy atom. The molecule has 102 valence electrons. The second-order valence-corrected chi connectivity index (χ2v) is 4.82. The van der Waals surface area contributed by atoms with Crippen LogP contribution in [0.2, 0.25) is 5.02 Å². The minimum absolute atomic E-state index is 0.311. The first-order chi connectivity index (χ1) is 9.61. The average molecular weight is 290 g/mol. The summed E-state index contributed by atoms with van der Waals surface area (Å²) in [5, 5.41) is 9.57. The van der Waals surface area contributed by atoms with E-state index in [4.69, 9.17) is 16.3 Å². The van der Waals surface area contributed by atoms with E-state index in [2.05, 4.69) is 10.2 Å². The number of halogens is 1. The summed E-state index contributed by atoms with van der Waals surface area (Å²) >= 11 is 6.02. The highest BCUT2D eigenvalue weighted by Crippen LogP contribution is 2.24. The first-order valence-electron chi connectivity index (χ1n) is 6.23. The first kappa shape index (κ1) is 12.9. The van der Waals surface area contributed by atoms with E-state index in [0.717, 1.165) is 10.9 Å². The van der Waals surface area contributed by atoms with Crippen molar-refractivity contribution in [2.24, 2.45) is 0 Å². The van der Waals surface area contributed by atoms with Crippen molar-refractivity contribution in [2.75, 3.05) is 6.61 Å². The lowest BCUT2D eigenvalue weighted by atomic mass is 10.1. The lowest BCUT2D eigenvalue weighted by Crippen LogP contribution is -2.08. The van der Waals surface area contributed by atoms with Gasteiger partial charge in [-0.05, 0) is 38.1 Å². The third-order valence-corrected chi connectivity index (χ3v) is 3.33. The van der Waals surface area contributed by atoms with Crippen LogP contribution in [0, 0.1) is 6.92 Å². The molecule has 0 amide bonds. The molecule has 0 radical (unpaired) electrons. The molecule has 3 rings (SSSR count). The van der Waals surface area contributed by atoms with Gasteiger partial charge in [0.15, 0.2) is 5.65 Å². The quantitative estimate of drug-likeness (QED) is 0.681. The number of aromatic nitrogens is 3. The summed E-state index contributed by atoms with van der Waals surface area (Å²) in [5.74, 6) is 0.297. The Morgan fingerprint density at radius 2 is 2.15 bits per heavy atom. The van der Waals surface area contributed by atoms with E-state index in [1.807, 2.05) is 17.4 Å². The van der Waals surface area contributed by atoms with Crippen molar-refractivity contribution in [3.63, 3.8) is 0 Å². The van der Waals surface area contributed by atoms with Crippen LogP contribution in [0.3, 0.4) is 0 Å². The van der Waals surface area contributed by atoms with Crippen LogP contribution in [0.25, 0.3) is 16.6 Å². The van der Waals surface area contributed by atoms with Gasteiger partial charge in [0.05, 0.1) is 12.1 Å². The van der Waals surface area contributed by atoms with Crippen LogP contribution in [0.5, 0.6) is 0 Å². The van der Waals surface area contributed by atoms with Gasteiger partial charge in [0, 0.05) is 10.4 Å². The number of hydrogen-bond acceptors (Lipinski definition) is 4. The second kappa shape index (κ2) is 4.76. The van der Waals surface area contributed by atoms with Crippen molar-refractivity contribution in [3.05, 3.63) is 40.7 Å². The molecule has 0 N–H and O–H groups in total. The number of aryl methyl sites for hydroxylation is 1.